The number of rotatable bonds is 5. The summed E-state index contributed by atoms with van der Waals surface area (Å²) < 4.78 is 10.4. The minimum Gasteiger partial charge on any atom is -0.497 e. The van der Waals surface area contributed by atoms with E-state index in [0.29, 0.717) is 28.3 Å². The van der Waals surface area contributed by atoms with Gasteiger partial charge in [0.15, 0.2) is 5.78 Å². The Bertz CT molecular complexity index is 692. The molecule has 5 nitrogen and oxygen atoms in total. The molecule has 0 atom stereocenters. The minimum atomic E-state index is -0.158. The standard InChI is InChI=1S/C17H17NO4/c1-11(19)18-13-6-4-12(5-7-13)17(20)15-9-8-14(21-2)10-16(15)22-3/h4-10H,1-3H3,(H,18,19). The molecule has 0 radical (unpaired) electrons. The summed E-state index contributed by atoms with van der Waals surface area (Å²) in [7, 11) is 3.06. The second-order valence-electron chi connectivity index (χ2n) is 4.65. The Morgan fingerprint density at radius 2 is 1.64 bits per heavy atom. The lowest BCUT2D eigenvalue weighted by Gasteiger charge is -2.10. The van der Waals surface area contributed by atoms with Crippen LogP contribution < -0.4 is 14.8 Å². The fourth-order valence-corrected chi connectivity index (χ4v) is 2.05. The number of hydrogen-bond acceptors (Lipinski definition) is 4. The zero-order valence-corrected chi connectivity index (χ0v) is 12.7. The third-order valence-electron chi connectivity index (χ3n) is 3.12. The fourth-order valence-electron chi connectivity index (χ4n) is 2.05. The van der Waals surface area contributed by atoms with Crippen molar-refractivity contribution in [1.29, 1.82) is 0 Å². The number of methoxy groups -OCH3 is 2. The summed E-state index contributed by atoms with van der Waals surface area (Å²) in [6.07, 6.45) is 0. The van der Waals surface area contributed by atoms with Gasteiger partial charge in [-0.25, -0.2) is 0 Å². The van der Waals surface area contributed by atoms with E-state index in [1.807, 2.05) is 0 Å². The molecule has 1 N–H and O–H groups in total. The van der Waals surface area contributed by atoms with Gasteiger partial charge in [-0.05, 0) is 36.4 Å². The van der Waals surface area contributed by atoms with E-state index in [-0.39, 0.29) is 11.7 Å². The van der Waals surface area contributed by atoms with Crippen molar-refractivity contribution in [2.24, 2.45) is 0 Å². The van der Waals surface area contributed by atoms with Crippen molar-refractivity contribution in [3.05, 3.63) is 53.6 Å². The molecule has 0 unspecified atom stereocenters. The SMILES string of the molecule is COc1ccc(C(=O)c2ccc(NC(C)=O)cc2)c(OC)c1. The predicted octanol–water partition coefficient (Wildman–Crippen LogP) is 2.89. The van der Waals surface area contributed by atoms with Gasteiger partial charge in [0, 0.05) is 24.2 Å². The largest absolute Gasteiger partial charge is 0.497 e. The van der Waals surface area contributed by atoms with Gasteiger partial charge < -0.3 is 14.8 Å². The summed E-state index contributed by atoms with van der Waals surface area (Å²) in [4.78, 5) is 23.5. The van der Waals surface area contributed by atoms with Gasteiger partial charge in [-0.2, -0.15) is 0 Å². The van der Waals surface area contributed by atoms with Crippen LogP contribution in [-0.4, -0.2) is 25.9 Å². The van der Waals surface area contributed by atoms with Crippen LogP contribution in [0.3, 0.4) is 0 Å². The van der Waals surface area contributed by atoms with Crippen molar-refractivity contribution < 1.29 is 19.1 Å². The fraction of sp³-hybridized carbons (Fsp3) is 0.176. The van der Waals surface area contributed by atoms with Crippen LogP contribution in [0.5, 0.6) is 11.5 Å². The van der Waals surface area contributed by atoms with Crippen molar-refractivity contribution >= 4 is 17.4 Å². The molecule has 0 heterocycles. The number of ketones is 1. The van der Waals surface area contributed by atoms with Crippen LogP contribution in [0.25, 0.3) is 0 Å². The normalized spacial score (nSPS) is 9.95. The first-order chi connectivity index (χ1) is 10.5. The van der Waals surface area contributed by atoms with Crippen molar-refractivity contribution in [3.63, 3.8) is 0 Å². The molecule has 0 aliphatic heterocycles. The van der Waals surface area contributed by atoms with Crippen LogP contribution in [-0.2, 0) is 4.79 Å². The second-order valence-corrected chi connectivity index (χ2v) is 4.65. The maximum absolute atomic E-state index is 12.6. The molecule has 5 heteroatoms. The van der Waals surface area contributed by atoms with Crippen LogP contribution in [0.2, 0.25) is 0 Å². The highest BCUT2D eigenvalue weighted by Gasteiger charge is 2.15. The Kier molecular flexibility index (Phi) is 4.78. The first-order valence-electron chi connectivity index (χ1n) is 6.69. The number of benzene rings is 2. The first-order valence-corrected chi connectivity index (χ1v) is 6.69. The quantitative estimate of drug-likeness (QED) is 0.862. The molecule has 22 heavy (non-hydrogen) atoms. The highest BCUT2D eigenvalue weighted by molar-refractivity contribution is 6.11. The zero-order chi connectivity index (χ0) is 16.1. The first kappa shape index (κ1) is 15.6. The topological polar surface area (TPSA) is 64.6 Å². The summed E-state index contributed by atoms with van der Waals surface area (Å²) in [5, 5.41) is 2.66. The van der Waals surface area contributed by atoms with E-state index in [0.717, 1.165) is 0 Å². The third-order valence-corrected chi connectivity index (χ3v) is 3.12. The summed E-state index contributed by atoms with van der Waals surface area (Å²) >= 11 is 0. The Hall–Kier alpha value is -2.82. The van der Waals surface area contributed by atoms with E-state index in [1.54, 1.807) is 49.6 Å². The number of carbonyl (C=O) groups excluding carboxylic acids is 2. The van der Waals surface area contributed by atoms with E-state index in [9.17, 15) is 9.59 Å². The van der Waals surface area contributed by atoms with Crippen molar-refractivity contribution in [2.45, 2.75) is 6.92 Å². The van der Waals surface area contributed by atoms with Crippen molar-refractivity contribution in [3.8, 4) is 11.5 Å². The monoisotopic (exact) mass is 299 g/mol. The number of hydrogen-bond donors (Lipinski definition) is 1. The molecule has 2 rings (SSSR count). The maximum atomic E-state index is 12.6. The molecule has 2 aromatic carbocycles. The molecule has 0 aliphatic carbocycles. The number of ether oxygens (including phenoxy) is 2. The smallest absolute Gasteiger partial charge is 0.221 e. The van der Waals surface area contributed by atoms with E-state index < -0.39 is 0 Å². The Morgan fingerprint density at radius 1 is 0.955 bits per heavy atom. The van der Waals surface area contributed by atoms with E-state index in [1.165, 1.54) is 14.0 Å². The van der Waals surface area contributed by atoms with Crippen LogP contribution in [0.1, 0.15) is 22.8 Å². The molecular weight excluding hydrogens is 282 g/mol. The van der Waals surface area contributed by atoms with Gasteiger partial charge in [-0.3, -0.25) is 9.59 Å². The molecular formula is C17H17NO4. The Labute approximate surface area is 128 Å². The van der Waals surface area contributed by atoms with Crippen molar-refractivity contribution in [2.75, 3.05) is 19.5 Å². The molecule has 0 spiro atoms. The van der Waals surface area contributed by atoms with E-state index in [4.69, 9.17) is 9.47 Å². The maximum Gasteiger partial charge on any atom is 0.221 e. The zero-order valence-electron chi connectivity index (χ0n) is 12.7. The summed E-state index contributed by atoms with van der Waals surface area (Å²) in [5.74, 6) is 0.759. The van der Waals surface area contributed by atoms with E-state index in [2.05, 4.69) is 5.32 Å². The molecule has 0 aliphatic rings. The van der Waals surface area contributed by atoms with Gasteiger partial charge in [0.25, 0.3) is 0 Å². The number of amides is 1. The molecule has 0 aromatic heterocycles. The van der Waals surface area contributed by atoms with Crippen LogP contribution >= 0.6 is 0 Å². The average Bonchev–Trinajstić information content (AvgIpc) is 2.53. The van der Waals surface area contributed by atoms with Gasteiger partial charge in [0.2, 0.25) is 5.91 Å². The van der Waals surface area contributed by atoms with Gasteiger partial charge in [-0.15, -0.1) is 0 Å². The Balaban J connectivity index is 2.29. The number of anilines is 1. The third kappa shape index (κ3) is 3.44. The van der Waals surface area contributed by atoms with Gasteiger partial charge in [-0.1, -0.05) is 0 Å². The minimum absolute atomic E-state index is 0.157. The highest BCUT2D eigenvalue weighted by atomic mass is 16.5. The lowest BCUT2D eigenvalue weighted by atomic mass is 10.0. The average molecular weight is 299 g/mol. The lowest BCUT2D eigenvalue weighted by molar-refractivity contribution is -0.114. The molecule has 2 aromatic rings. The summed E-state index contributed by atoms with van der Waals surface area (Å²) in [6.45, 7) is 1.43. The van der Waals surface area contributed by atoms with Crippen LogP contribution in [0.15, 0.2) is 42.5 Å². The van der Waals surface area contributed by atoms with E-state index >= 15 is 0 Å². The lowest BCUT2D eigenvalue weighted by Crippen LogP contribution is -2.07. The Morgan fingerprint density at radius 3 is 2.18 bits per heavy atom. The molecule has 0 fully saturated rings. The molecule has 0 saturated heterocycles. The summed E-state index contributed by atoms with van der Waals surface area (Å²) in [5.41, 5.74) is 1.61. The van der Waals surface area contributed by atoms with Gasteiger partial charge >= 0.3 is 0 Å². The van der Waals surface area contributed by atoms with Gasteiger partial charge in [0.1, 0.15) is 11.5 Å². The van der Waals surface area contributed by atoms with Crippen LogP contribution in [0, 0.1) is 0 Å². The number of nitrogens with one attached hydrogen (secondary N) is 1. The number of carbonyl (C=O) groups is 2. The highest BCUT2D eigenvalue weighted by Crippen LogP contribution is 2.27. The molecule has 114 valence electrons. The van der Waals surface area contributed by atoms with Gasteiger partial charge in [0.05, 0.1) is 19.8 Å². The summed E-state index contributed by atoms with van der Waals surface area (Å²) in [6, 6.07) is 11.7. The molecule has 1 amide bonds. The second kappa shape index (κ2) is 6.76. The van der Waals surface area contributed by atoms with Crippen molar-refractivity contribution in [1.82, 2.24) is 0 Å². The molecule has 0 bridgehead atoms. The molecule has 0 saturated carbocycles. The predicted molar refractivity (Wildman–Crippen MR) is 83.7 cm³/mol. The van der Waals surface area contributed by atoms with Crippen LogP contribution in [0.4, 0.5) is 5.69 Å².